The van der Waals surface area contributed by atoms with E-state index in [0.717, 1.165) is 31.0 Å². The quantitative estimate of drug-likeness (QED) is 0.809. The molecule has 3 rings (SSSR count). The second-order valence-corrected chi connectivity index (χ2v) is 6.73. The lowest BCUT2D eigenvalue weighted by Crippen LogP contribution is -2.43. The first kappa shape index (κ1) is 18.5. The van der Waals surface area contributed by atoms with Crippen molar-refractivity contribution in [1.29, 1.82) is 0 Å². The lowest BCUT2D eigenvalue weighted by atomic mass is 10.1. The molecule has 1 amide bonds. The van der Waals surface area contributed by atoms with Crippen molar-refractivity contribution in [1.82, 2.24) is 9.80 Å². The van der Waals surface area contributed by atoms with E-state index in [0.29, 0.717) is 12.1 Å². The summed E-state index contributed by atoms with van der Waals surface area (Å²) >= 11 is 0. The highest BCUT2D eigenvalue weighted by Crippen LogP contribution is 2.22. The summed E-state index contributed by atoms with van der Waals surface area (Å²) in [5, 5.41) is 0. The predicted molar refractivity (Wildman–Crippen MR) is 92.7 cm³/mol. The predicted octanol–water partition coefficient (Wildman–Crippen LogP) is 3.73. The van der Waals surface area contributed by atoms with Gasteiger partial charge in [-0.3, -0.25) is 9.69 Å². The summed E-state index contributed by atoms with van der Waals surface area (Å²) in [6.45, 7) is 1.50. The van der Waals surface area contributed by atoms with Gasteiger partial charge in [0.25, 0.3) is 0 Å². The summed E-state index contributed by atoms with van der Waals surface area (Å²) in [5.74, 6) is -1.67. The van der Waals surface area contributed by atoms with Gasteiger partial charge >= 0.3 is 0 Å². The Labute approximate surface area is 151 Å². The fourth-order valence-electron chi connectivity index (χ4n) is 3.43. The topological polar surface area (TPSA) is 23.6 Å². The maximum Gasteiger partial charge on any atom is 0.239 e. The van der Waals surface area contributed by atoms with Crippen LogP contribution in [0.1, 0.15) is 24.0 Å². The molecule has 0 aromatic heterocycles. The minimum absolute atomic E-state index is 0.0747. The summed E-state index contributed by atoms with van der Waals surface area (Å²) < 4.78 is 39.7. The average Bonchev–Trinajstić information content (AvgIpc) is 3.03. The smallest absolute Gasteiger partial charge is 0.239 e. The molecule has 1 aliphatic heterocycles. The third-order valence-electron chi connectivity index (χ3n) is 4.67. The van der Waals surface area contributed by atoms with Crippen LogP contribution in [0.2, 0.25) is 0 Å². The van der Waals surface area contributed by atoms with Gasteiger partial charge < -0.3 is 4.90 Å². The minimum Gasteiger partial charge on any atom is -0.340 e. The van der Waals surface area contributed by atoms with Gasteiger partial charge in [-0.05, 0) is 54.8 Å². The van der Waals surface area contributed by atoms with Crippen molar-refractivity contribution in [3.8, 4) is 0 Å². The second kappa shape index (κ2) is 7.91. The number of hydrogen-bond donors (Lipinski definition) is 0. The lowest BCUT2D eigenvalue weighted by Gasteiger charge is -2.28. The van der Waals surface area contributed by atoms with Crippen LogP contribution >= 0.6 is 0 Å². The molecule has 0 aliphatic carbocycles. The normalized spacial score (nSPS) is 17.5. The molecule has 2 aromatic rings. The molecular weight excluding hydrogens is 341 g/mol. The Morgan fingerprint density at radius 2 is 1.69 bits per heavy atom. The monoisotopic (exact) mass is 362 g/mol. The van der Waals surface area contributed by atoms with Gasteiger partial charge in [-0.15, -0.1) is 0 Å². The maximum absolute atomic E-state index is 13.3. The molecule has 0 bridgehead atoms. The fourth-order valence-corrected chi connectivity index (χ4v) is 3.43. The van der Waals surface area contributed by atoms with Gasteiger partial charge in [0.1, 0.15) is 17.5 Å². The first-order valence-electron chi connectivity index (χ1n) is 8.61. The van der Waals surface area contributed by atoms with E-state index >= 15 is 0 Å². The highest BCUT2D eigenvalue weighted by molar-refractivity contribution is 5.82. The molecule has 0 N–H and O–H groups in total. The Morgan fingerprint density at radius 1 is 1.04 bits per heavy atom. The van der Waals surface area contributed by atoms with Gasteiger partial charge in [0, 0.05) is 26.2 Å². The third-order valence-corrected chi connectivity index (χ3v) is 4.67. The van der Waals surface area contributed by atoms with E-state index in [1.807, 2.05) is 0 Å². The van der Waals surface area contributed by atoms with E-state index in [1.165, 1.54) is 29.2 Å². The van der Waals surface area contributed by atoms with Crippen LogP contribution in [0.25, 0.3) is 0 Å². The van der Waals surface area contributed by atoms with Crippen LogP contribution in [0.15, 0.2) is 42.5 Å². The minimum atomic E-state index is -0.653. The Bertz CT molecular complexity index is 759. The number of carbonyl (C=O) groups excluding carboxylic acids is 1. The Morgan fingerprint density at radius 3 is 2.35 bits per heavy atom. The lowest BCUT2D eigenvalue weighted by molar-refractivity contribution is -0.135. The van der Waals surface area contributed by atoms with Gasteiger partial charge in [-0.25, -0.2) is 13.2 Å². The zero-order valence-electron chi connectivity index (χ0n) is 14.6. The summed E-state index contributed by atoms with van der Waals surface area (Å²) in [4.78, 5) is 16.4. The van der Waals surface area contributed by atoms with E-state index in [-0.39, 0.29) is 24.3 Å². The van der Waals surface area contributed by atoms with Crippen molar-refractivity contribution >= 4 is 5.91 Å². The Hall–Kier alpha value is -2.34. The van der Waals surface area contributed by atoms with E-state index < -0.39 is 11.6 Å². The van der Waals surface area contributed by atoms with Crippen LogP contribution in [-0.4, -0.2) is 35.3 Å². The molecule has 3 nitrogen and oxygen atoms in total. The van der Waals surface area contributed by atoms with Crippen molar-refractivity contribution in [3.63, 3.8) is 0 Å². The number of likely N-dealkylation sites (N-methyl/N-ethyl adjacent to an activating group) is 1. The molecule has 1 fully saturated rings. The van der Waals surface area contributed by atoms with Crippen molar-refractivity contribution in [3.05, 3.63) is 71.0 Å². The van der Waals surface area contributed by atoms with Gasteiger partial charge in [0.15, 0.2) is 0 Å². The molecule has 1 aliphatic rings. The van der Waals surface area contributed by atoms with E-state index in [4.69, 9.17) is 0 Å². The molecule has 0 radical (unpaired) electrons. The van der Waals surface area contributed by atoms with Gasteiger partial charge in [0.05, 0.1) is 6.04 Å². The molecule has 0 saturated carbocycles. The van der Waals surface area contributed by atoms with Gasteiger partial charge in [0.2, 0.25) is 5.91 Å². The van der Waals surface area contributed by atoms with E-state index in [1.54, 1.807) is 19.2 Å². The molecule has 1 atom stereocenters. The summed E-state index contributed by atoms with van der Waals surface area (Å²) in [7, 11) is 1.64. The van der Waals surface area contributed by atoms with Crippen LogP contribution in [0.5, 0.6) is 0 Å². The van der Waals surface area contributed by atoms with Crippen molar-refractivity contribution < 1.29 is 18.0 Å². The maximum atomic E-state index is 13.3. The Balaban J connectivity index is 1.66. The highest BCUT2D eigenvalue weighted by Gasteiger charge is 2.32. The van der Waals surface area contributed by atoms with Crippen LogP contribution in [-0.2, 0) is 17.9 Å². The van der Waals surface area contributed by atoms with Crippen LogP contribution in [0.3, 0.4) is 0 Å². The molecule has 1 saturated heterocycles. The van der Waals surface area contributed by atoms with Gasteiger partial charge in [-0.1, -0.05) is 12.1 Å². The number of hydrogen-bond acceptors (Lipinski definition) is 2. The second-order valence-electron chi connectivity index (χ2n) is 6.73. The SMILES string of the molecule is CN(Cc1cc(F)cc(F)c1)C(=O)C1CCCN1Cc1ccc(F)cc1. The summed E-state index contributed by atoms with van der Waals surface area (Å²) in [6, 6.07) is 9.26. The standard InChI is InChI=1S/C20H21F3N2O/c1-24(12-15-9-17(22)11-18(23)10-15)20(26)19-3-2-8-25(19)13-14-4-6-16(21)7-5-14/h4-7,9-11,19H,2-3,8,12-13H2,1H3. The summed E-state index contributed by atoms with van der Waals surface area (Å²) in [6.07, 6.45) is 1.64. The molecule has 2 aromatic carbocycles. The molecular formula is C20H21F3N2O. The molecule has 0 spiro atoms. The molecule has 6 heteroatoms. The van der Waals surface area contributed by atoms with Gasteiger partial charge in [-0.2, -0.15) is 0 Å². The number of amides is 1. The number of halogens is 3. The number of likely N-dealkylation sites (tertiary alicyclic amines) is 1. The fraction of sp³-hybridized carbons (Fsp3) is 0.350. The number of nitrogens with zero attached hydrogens (tertiary/aromatic N) is 2. The highest BCUT2D eigenvalue weighted by atomic mass is 19.1. The molecule has 138 valence electrons. The number of rotatable bonds is 5. The van der Waals surface area contributed by atoms with Crippen molar-refractivity contribution in [2.45, 2.75) is 32.0 Å². The first-order chi connectivity index (χ1) is 12.4. The number of carbonyl (C=O) groups is 1. The Kier molecular flexibility index (Phi) is 5.61. The first-order valence-corrected chi connectivity index (χ1v) is 8.61. The number of benzene rings is 2. The summed E-state index contributed by atoms with van der Waals surface area (Å²) in [5.41, 5.74) is 1.36. The third kappa shape index (κ3) is 4.43. The molecule has 1 heterocycles. The van der Waals surface area contributed by atoms with Crippen molar-refractivity contribution in [2.24, 2.45) is 0 Å². The van der Waals surface area contributed by atoms with Crippen LogP contribution < -0.4 is 0 Å². The molecule has 26 heavy (non-hydrogen) atoms. The average molecular weight is 362 g/mol. The van der Waals surface area contributed by atoms with E-state index in [9.17, 15) is 18.0 Å². The van der Waals surface area contributed by atoms with Crippen LogP contribution in [0, 0.1) is 17.5 Å². The largest absolute Gasteiger partial charge is 0.340 e. The van der Waals surface area contributed by atoms with Crippen LogP contribution in [0.4, 0.5) is 13.2 Å². The zero-order chi connectivity index (χ0) is 18.7. The van der Waals surface area contributed by atoms with Crippen molar-refractivity contribution in [2.75, 3.05) is 13.6 Å². The zero-order valence-corrected chi connectivity index (χ0v) is 14.6. The molecule has 1 unspecified atom stereocenters. The van der Waals surface area contributed by atoms with E-state index in [2.05, 4.69) is 4.90 Å².